The average Bonchev–Trinajstić information content (AvgIpc) is 2.04. The van der Waals surface area contributed by atoms with Crippen molar-refractivity contribution in [3.05, 3.63) is 35.6 Å². The SMILES string of the molecule is O=C(c1ccc(F)cc1)S(=O)Cl. The minimum atomic E-state index is -2.06. The van der Waals surface area contributed by atoms with Crippen molar-refractivity contribution in [3.63, 3.8) is 0 Å². The summed E-state index contributed by atoms with van der Waals surface area (Å²) < 4.78 is 22.8. The second-order valence-electron chi connectivity index (χ2n) is 2.02. The molecule has 0 saturated heterocycles. The Bertz CT molecular complexity index is 323. The quantitative estimate of drug-likeness (QED) is 0.658. The summed E-state index contributed by atoms with van der Waals surface area (Å²) in [7, 11) is 2.97. The highest BCUT2D eigenvalue weighted by atomic mass is 35.7. The molecule has 1 unspecified atom stereocenters. The van der Waals surface area contributed by atoms with Gasteiger partial charge < -0.3 is 0 Å². The van der Waals surface area contributed by atoms with Gasteiger partial charge in [0.2, 0.25) is 0 Å². The minimum absolute atomic E-state index is 0.143. The molecular weight excluding hydrogens is 203 g/mol. The van der Waals surface area contributed by atoms with Crippen LogP contribution >= 0.6 is 10.7 Å². The first kappa shape index (κ1) is 9.35. The third kappa shape index (κ3) is 2.12. The Morgan fingerprint density at radius 1 is 1.33 bits per heavy atom. The molecule has 1 atom stereocenters. The molecule has 2 nitrogen and oxygen atoms in total. The van der Waals surface area contributed by atoms with Crippen molar-refractivity contribution in [1.29, 1.82) is 0 Å². The summed E-state index contributed by atoms with van der Waals surface area (Å²) >= 11 is 0. The van der Waals surface area contributed by atoms with Crippen LogP contribution in [0.1, 0.15) is 10.4 Å². The van der Waals surface area contributed by atoms with E-state index in [1.807, 2.05) is 0 Å². The molecule has 0 saturated carbocycles. The van der Waals surface area contributed by atoms with Crippen molar-refractivity contribution in [2.24, 2.45) is 0 Å². The first-order chi connectivity index (χ1) is 5.61. The molecule has 0 N–H and O–H groups in total. The lowest BCUT2D eigenvalue weighted by Crippen LogP contribution is -2.01. The van der Waals surface area contributed by atoms with Crippen LogP contribution < -0.4 is 0 Å². The van der Waals surface area contributed by atoms with Gasteiger partial charge in [-0.25, -0.2) is 8.60 Å². The maximum absolute atomic E-state index is 12.3. The van der Waals surface area contributed by atoms with Gasteiger partial charge in [-0.1, -0.05) is 0 Å². The van der Waals surface area contributed by atoms with E-state index >= 15 is 0 Å². The number of halogens is 2. The summed E-state index contributed by atoms with van der Waals surface area (Å²) in [5.74, 6) is -0.452. The molecule has 0 fully saturated rings. The summed E-state index contributed by atoms with van der Waals surface area (Å²) in [5, 5.41) is -0.711. The molecular formula is C7H4ClFO2S. The number of benzene rings is 1. The lowest BCUT2D eigenvalue weighted by molar-refractivity contribution is 0.108. The number of hydrogen-bond donors (Lipinski definition) is 0. The molecule has 0 aliphatic heterocycles. The summed E-state index contributed by atoms with van der Waals surface area (Å²) in [6.07, 6.45) is 0. The molecule has 0 amide bonds. The Hall–Kier alpha value is -0.740. The van der Waals surface area contributed by atoms with Gasteiger partial charge in [-0.3, -0.25) is 4.79 Å². The van der Waals surface area contributed by atoms with Gasteiger partial charge in [0, 0.05) is 5.56 Å². The predicted molar refractivity (Wildman–Crippen MR) is 44.7 cm³/mol. The Kier molecular flexibility index (Phi) is 2.94. The molecule has 1 aromatic rings. The fraction of sp³-hybridized carbons (Fsp3) is 0. The van der Waals surface area contributed by atoms with Crippen molar-refractivity contribution in [2.45, 2.75) is 0 Å². The van der Waals surface area contributed by atoms with Crippen molar-refractivity contribution >= 4 is 25.8 Å². The van der Waals surface area contributed by atoms with Gasteiger partial charge in [0.05, 0.1) is 0 Å². The van der Waals surface area contributed by atoms with Crippen LogP contribution in [0, 0.1) is 5.82 Å². The third-order valence-corrected chi connectivity index (χ3v) is 2.17. The van der Waals surface area contributed by atoms with E-state index in [4.69, 9.17) is 10.7 Å². The second-order valence-corrected chi connectivity index (χ2v) is 3.68. The molecule has 1 aromatic carbocycles. The molecule has 0 aromatic heterocycles. The van der Waals surface area contributed by atoms with Crippen LogP contribution in [0.15, 0.2) is 24.3 Å². The monoisotopic (exact) mass is 206 g/mol. The van der Waals surface area contributed by atoms with E-state index in [9.17, 15) is 13.4 Å². The van der Waals surface area contributed by atoms with Crippen LogP contribution in [0.5, 0.6) is 0 Å². The highest BCUT2D eigenvalue weighted by molar-refractivity contribution is 8.20. The molecule has 0 heterocycles. The van der Waals surface area contributed by atoms with E-state index in [-0.39, 0.29) is 5.56 Å². The largest absolute Gasteiger partial charge is 0.277 e. The van der Waals surface area contributed by atoms with E-state index in [0.717, 1.165) is 12.1 Å². The third-order valence-electron chi connectivity index (χ3n) is 1.23. The molecule has 0 radical (unpaired) electrons. The molecule has 1 rings (SSSR count). The zero-order chi connectivity index (χ0) is 9.14. The summed E-state index contributed by atoms with van der Waals surface area (Å²) in [4.78, 5) is 10.9. The standard InChI is InChI=1S/C7H4ClFO2S/c8-12(11)7(10)5-1-3-6(9)4-2-5/h1-4H. The van der Waals surface area contributed by atoms with Crippen molar-refractivity contribution in [3.8, 4) is 0 Å². The molecule has 0 spiro atoms. The highest BCUT2D eigenvalue weighted by Gasteiger charge is 2.10. The van der Waals surface area contributed by atoms with Crippen LogP contribution in [-0.2, 0) is 10.0 Å². The number of hydrogen-bond acceptors (Lipinski definition) is 2. The van der Waals surface area contributed by atoms with Gasteiger partial charge >= 0.3 is 0 Å². The fourth-order valence-corrected chi connectivity index (χ4v) is 1.27. The Balaban J connectivity index is 2.98. The number of carbonyl (C=O) groups is 1. The first-order valence-corrected chi connectivity index (χ1v) is 4.97. The van der Waals surface area contributed by atoms with Crippen LogP contribution in [0.25, 0.3) is 0 Å². The van der Waals surface area contributed by atoms with Gasteiger partial charge in [-0.15, -0.1) is 0 Å². The molecule has 64 valence electrons. The second kappa shape index (κ2) is 3.78. The summed E-state index contributed by atoms with van der Waals surface area (Å²) in [6, 6.07) is 4.68. The zero-order valence-electron chi connectivity index (χ0n) is 5.79. The summed E-state index contributed by atoms with van der Waals surface area (Å²) in [6.45, 7) is 0. The maximum Gasteiger partial charge on any atom is 0.264 e. The van der Waals surface area contributed by atoms with Crippen LogP contribution in [-0.4, -0.2) is 9.32 Å². The van der Waals surface area contributed by atoms with Gasteiger partial charge in [0.25, 0.3) is 5.12 Å². The Morgan fingerprint density at radius 2 is 1.83 bits per heavy atom. The molecule has 12 heavy (non-hydrogen) atoms. The molecule has 0 bridgehead atoms. The molecule has 0 aliphatic carbocycles. The topological polar surface area (TPSA) is 34.1 Å². The highest BCUT2D eigenvalue weighted by Crippen LogP contribution is 2.07. The van der Waals surface area contributed by atoms with Crippen LogP contribution in [0.3, 0.4) is 0 Å². The maximum atomic E-state index is 12.3. The molecule has 0 aliphatic rings. The van der Waals surface area contributed by atoms with E-state index in [1.165, 1.54) is 12.1 Å². The number of carbonyl (C=O) groups excluding carboxylic acids is 1. The Labute approximate surface area is 75.3 Å². The fourth-order valence-electron chi connectivity index (χ4n) is 0.679. The van der Waals surface area contributed by atoms with Crippen molar-refractivity contribution < 1.29 is 13.4 Å². The van der Waals surface area contributed by atoms with Crippen LogP contribution in [0.4, 0.5) is 4.39 Å². The van der Waals surface area contributed by atoms with Crippen LogP contribution in [0.2, 0.25) is 0 Å². The van der Waals surface area contributed by atoms with E-state index in [1.54, 1.807) is 0 Å². The number of rotatable bonds is 1. The van der Waals surface area contributed by atoms with Gasteiger partial charge in [0.1, 0.15) is 5.82 Å². The van der Waals surface area contributed by atoms with E-state index < -0.39 is 20.9 Å². The minimum Gasteiger partial charge on any atom is -0.277 e. The molecule has 5 heteroatoms. The zero-order valence-corrected chi connectivity index (χ0v) is 7.36. The van der Waals surface area contributed by atoms with E-state index in [0.29, 0.717) is 0 Å². The van der Waals surface area contributed by atoms with E-state index in [2.05, 4.69) is 0 Å². The van der Waals surface area contributed by atoms with Gasteiger partial charge in [-0.2, -0.15) is 0 Å². The van der Waals surface area contributed by atoms with Crippen molar-refractivity contribution in [2.75, 3.05) is 0 Å². The normalized spacial score (nSPS) is 12.5. The van der Waals surface area contributed by atoms with Gasteiger partial charge in [0.15, 0.2) is 10.0 Å². The van der Waals surface area contributed by atoms with Gasteiger partial charge in [-0.05, 0) is 34.9 Å². The first-order valence-electron chi connectivity index (χ1n) is 2.99. The smallest absolute Gasteiger partial charge is 0.264 e. The summed E-state index contributed by atoms with van der Waals surface area (Å²) in [5.41, 5.74) is 0.143. The average molecular weight is 207 g/mol. The lowest BCUT2D eigenvalue weighted by atomic mass is 10.2. The predicted octanol–water partition coefficient (Wildman–Crippen LogP) is 1.87. The lowest BCUT2D eigenvalue weighted by Gasteiger charge is -1.93. The van der Waals surface area contributed by atoms with Crippen molar-refractivity contribution in [1.82, 2.24) is 0 Å². The Morgan fingerprint density at radius 3 is 2.25 bits per heavy atom.